The topological polar surface area (TPSA) is 548 Å². The molecule has 480 valence electrons. The lowest BCUT2D eigenvalue weighted by Crippen LogP contribution is -2.34. The Bertz CT molecular complexity index is 3310. The second-order valence-corrected chi connectivity index (χ2v) is 21.5. The largest absolute Gasteiger partial charge is 0.504 e. The fourth-order valence-electron chi connectivity index (χ4n) is 5.13. The second-order valence-electron chi connectivity index (χ2n) is 20.4. The van der Waals surface area contributed by atoms with Crippen LogP contribution in [-0.2, 0) is 31.7 Å². The average Bonchev–Trinajstić information content (AvgIpc) is 2.22. The van der Waals surface area contributed by atoms with Gasteiger partial charge in [0.15, 0.2) is 28.9 Å². The number of tetrazole rings is 3. The molecule has 12 N–H and O–H groups in total. The van der Waals surface area contributed by atoms with Crippen LogP contribution in [0.1, 0.15) is 211 Å². The predicted octanol–water partition coefficient (Wildman–Crippen LogP) is 3.75. The summed E-state index contributed by atoms with van der Waals surface area (Å²) < 4.78 is 27.5. The number of aromatic hydroxyl groups is 1. The van der Waals surface area contributed by atoms with Gasteiger partial charge in [-0.3, -0.25) is 39.1 Å². The molecule has 0 spiro atoms. The molecule has 1 atom stereocenters. The monoisotopic (exact) mass is 1260 g/mol. The molecule has 1 aliphatic heterocycles. The number of H-pyrrole nitrogens is 7. The summed E-state index contributed by atoms with van der Waals surface area (Å²) in [5.74, 6) is 4.04. The fraction of sp³-hybridized carbons (Fsp3) is 0.596. The number of hydrogen-bond donors (Lipinski definition) is 12. The smallest absolute Gasteiger partial charge is 0.438 e. The van der Waals surface area contributed by atoms with Crippen LogP contribution in [0.15, 0.2) is 34.2 Å². The van der Waals surface area contributed by atoms with Gasteiger partial charge in [0.05, 0.1) is 17.8 Å². The summed E-state index contributed by atoms with van der Waals surface area (Å²) in [5, 5.41) is 83.6. The average molecular weight is 1260 g/mol. The Morgan fingerprint density at radius 1 is 0.667 bits per heavy atom. The number of nitrogens with one attached hydrogen (secondary N) is 10. The number of hydrogen-bond acceptors (Lipinski definition) is 28. The van der Waals surface area contributed by atoms with E-state index < -0.39 is 33.8 Å². The number of carbonyl (C=O) groups is 3. The molecule has 38 nitrogen and oxygen atoms in total. The molecule has 0 saturated carbocycles. The highest BCUT2D eigenvalue weighted by Gasteiger charge is 2.22. The molecule has 8 heterocycles. The van der Waals surface area contributed by atoms with E-state index in [-0.39, 0.29) is 75.1 Å². The van der Waals surface area contributed by atoms with E-state index >= 15 is 0 Å². The lowest BCUT2D eigenvalue weighted by atomic mass is 9.98. The third-order valence-electron chi connectivity index (χ3n) is 10.1. The SMILES string of the molecule is CC(C)C(=O)NCc1nn[nH]n1.CC(C)C(=O)Nc1nn[nH]n1.CC(C)C1=NS(=O)ON1.CC(C)c1c(O)c(=O)c1=O.CC(C)c1n[nH]nc1C(=O)O.CC(C)c1nc(=S)o[nH]1.CC(C)c1ncn[nH]1.CC(C)c1nn[nH]n1.CC(C)c1noc(=O)[nH]1. The van der Waals surface area contributed by atoms with E-state index in [1.165, 1.54) is 6.33 Å². The Morgan fingerprint density at radius 3 is 1.57 bits per heavy atom. The maximum absolute atomic E-state index is 11.0. The molecule has 87 heavy (non-hydrogen) atoms. The molecular formula is C47H78N26O12S2. The third-order valence-corrected chi connectivity index (χ3v) is 10.8. The van der Waals surface area contributed by atoms with Crippen LogP contribution in [0.25, 0.3) is 0 Å². The minimum absolute atomic E-state index is 0.0139. The van der Waals surface area contributed by atoms with Gasteiger partial charge in [-0.15, -0.1) is 35.0 Å². The van der Waals surface area contributed by atoms with Crippen molar-refractivity contribution in [1.29, 1.82) is 0 Å². The van der Waals surface area contributed by atoms with E-state index in [2.05, 4.69) is 168 Å². The summed E-state index contributed by atoms with van der Waals surface area (Å²) in [7, 11) is 0. The van der Waals surface area contributed by atoms with Gasteiger partial charge < -0.3 is 20.1 Å². The lowest BCUT2D eigenvalue weighted by molar-refractivity contribution is -0.124. The third kappa shape index (κ3) is 29.4. The fourth-order valence-corrected chi connectivity index (χ4v) is 5.88. The first-order chi connectivity index (χ1) is 40.8. The zero-order valence-corrected chi connectivity index (χ0v) is 53.1. The van der Waals surface area contributed by atoms with Gasteiger partial charge in [-0.05, 0) is 29.3 Å². The lowest BCUT2D eigenvalue weighted by Gasteiger charge is -2.06. The maximum Gasteiger partial charge on any atom is 0.438 e. The number of nitrogens with zero attached hydrogens (tertiary/aromatic N) is 16. The molecule has 0 fully saturated rings. The Morgan fingerprint density at radius 2 is 1.26 bits per heavy atom. The molecule has 7 aromatic heterocycles. The van der Waals surface area contributed by atoms with Crippen molar-refractivity contribution in [2.24, 2.45) is 22.2 Å². The van der Waals surface area contributed by atoms with Crippen molar-refractivity contribution in [2.45, 2.75) is 167 Å². The van der Waals surface area contributed by atoms with Gasteiger partial charge in [0.1, 0.15) is 23.8 Å². The summed E-state index contributed by atoms with van der Waals surface area (Å²) >= 11 is 3.15. The van der Waals surface area contributed by atoms with Crippen LogP contribution in [-0.4, -0.2) is 151 Å². The second kappa shape index (κ2) is 39.3. The molecule has 1 unspecified atom stereocenters. The molecule has 1 aliphatic rings. The molecule has 0 aliphatic carbocycles. The molecule has 0 radical (unpaired) electrons. The quantitative estimate of drug-likeness (QED) is 0.0577. The molecule has 1 aromatic carbocycles. The Labute approximate surface area is 505 Å². The number of aromatic nitrogens is 22. The van der Waals surface area contributed by atoms with E-state index in [1.807, 2.05) is 83.1 Å². The summed E-state index contributed by atoms with van der Waals surface area (Å²) in [6, 6.07) is 0. The highest BCUT2D eigenvalue weighted by atomic mass is 32.2. The van der Waals surface area contributed by atoms with Gasteiger partial charge in [-0.25, -0.2) is 29.4 Å². The summed E-state index contributed by atoms with van der Waals surface area (Å²) in [4.78, 5) is 74.4. The Kier molecular flexibility index (Phi) is 34.2. The van der Waals surface area contributed by atoms with Crippen LogP contribution >= 0.6 is 12.2 Å². The van der Waals surface area contributed by atoms with Gasteiger partial charge >= 0.3 is 27.8 Å². The van der Waals surface area contributed by atoms with Crippen LogP contribution in [0.2, 0.25) is 0 Å². The van der Waals surface area contributed by atoms with Gasteiger partial charge in [0.2, 0.25) is 17.2 Å². The number of hydroxylamine groups is 1. The number of amidine groups is 1. The number of aromatic carboxylic acids is 1. The summed E-state index contributed by atoms with van der Waals surface area (Å²) in [6.45, 7) is 34.7. The highest BCUT2D eigenvalue weighted by Crippen LogP contribution is 2.18. The predicted molar refractivity (Wildman–Crippen MR) is 313 cm³/mol. The van der Waals surface area contributed by atoms with Crippen molar-refractivity contribution >= 4 is 53.1 Å². The van der Waals surface area contributed by atoms with E-state index in [9.17, 15) is 33.0 Å². The number of carbonyl (C=O) groups excluding carboxylic acids is 2. The van der Waals surface area contributed by atoms with Crippen molar-refractivity contribution in [3.8, 4) is 5.75 Å². The van der Waals surface area contributed by atoms with Gasteiger partial charge in [-0.2, -0.15) is 40.3 Å². The number of rotatable bonds is 13. The molecular weight excluding hydrogens is 1180 g/mol. The zero-order valence-electron chi connectivity index (χ0n) is 51.4. The van der Waals surface area contributed by atoms with Crippen LogP contribution in [0, 0.1) is 22.6 Å². The van der Waals surface area contributed by atoms with Crippen molar-refractivity contribution in [1.82, 2.24) is 124 Å². The van der Waals surface area contributed by atoms with Crippen LogP contribution in [0.3, 0.4) is 0 Å². The van der Waals surface area contributed by atoms with Crippen molar-refractivity contribution in [3.05, 3.63) is 88.2 Å². The van der Waals surface area contributed by atoms with Gasteiger partial charge in [-0.1, -0.05) is 145 Å². The van der Waals surface area contributed by atoms with Crippen LogP contribution in [0.5, 0.6) is 5.75 Å². The van der Waals surface area contributed by atoms with Gasteiger partial charge in [0.25, 0.3) is 11.4 Å². The first kappa shape index (κ1) is 75.7. The number of amides is 2. The van der Waals surface area contributed by atoms with E-state index in [1.54, 1.807) is 27.7 Å². The van der Waals surface area contributed by atoms with E-state index in [4.69, 9.17) is 14.7 Å². The summed E-state index contributed by atoms with van der Waals surface area (Å²) in [6.07, 6.45) is 1.52. The van der Waals surface area contributed by atoms with Crippen molar-refractivity contribution in [3.63, 3.8) is 0 Å². The van der Waals surface area contributed by atoms with E-state index in [0.717, 1.165) is 17.5 Å². The standard InChI is InChI=1S/C7H8O3.C6H11N5O.C6H9N3O2.C5H9N5O.C5H9N3.C5H8N2O2.C5H8N2OS.C4H8N4.C4H8N2O2S/c1-3(2)4-5(8)7(10)6(4)9;1-4(2)6(12)7-3-5-8-10-11-9-5;1-3(2)4-5(6(10)11)8-9-7-4;1-3(2)4(11)6-5-7-9-10-8-5;1-4(2)5-6-3-7-8-5;1-3(2)4-6-5(8)9-7-4;1-3(2)4-6-5(9)8-7-4;1-3(2)4-5-7-8-6-4;1-3(2)4-5-8-9(7)6-4/h3,8H,1-2H3;4H,3H2,1-2H3,(H,7,12)(H,8,9,10,11);3H,1-2H3,(H,10,11)(H,7,8,9);3H,1-2H3,(H2,6,7,8,9,10,11);3-4H,1-2H3,(H,6,7,8);3H,1-2H3,(H,6,7,8);3H,1-2H3,(H,6,7,9);3H,1-2H3,(H,5,6,7,8);3H,1-2H3,(H,5,6). The highest BCUT2D eigenvalue weighted by molar-refractivity contribution is 7.79. The molecule has 0 bridgehead atoms. The first-order valence-electron chi connectivity index (χ1n) is 26.6. The number of anilines is 1. The van der Waals surface area contributed by atoms with Crippen molar-refractivity contribution in [2.75, 3.05) is 5.32 Å². The van der Waals surface area contributed by atoms with Crippen molar-refractivity contribution < 1.29 is 42.1 Å². The number of carboxylic acids is 1. The first-order valence-corrected chi connectivity index (χ1v) is 28.1. The zero-order chi connectivity index (χ0) is 66.1. The van der Waals surface area contributed by atoms with Crippen LogP contribution in [0.4, 0.5) is 5.95 Å². The summed E-state index contributed by atoms with van der Waals surface area (Å²) in [5.41, 5.74) is 1.95. The number of carboxylic acid groups (broad SMARTS) is 1. The van der Waals surface area contributed by atoms with Gasteiger partial charge in [0, 0.05) is 41.4 Å². The van der Waals surface area contributed by atoms with E-state index in [0.29, 0.717) is 47.5 Å². The molecule has 8 aromatic rings. The minimum atomic E-state index is -1.50. The minimum Gasteiger partial charge on any atom is -0.504 e. The van der Waals surface area contributed by atoms with Crippen LogP contribution < -0.4 is 32.7 Å². The maximum atomic E-state index is 11.0. The molecule has 9 rings (SSSR count). The Balaban J connectivity index is 0.000000491. The Hall–Kier alpha value is -9.34. The normalized spacial score (nSPS) is 12.1. The molecule has 0 saturated heterocycles. The number of aromatic amines is 7. The molecule has 40 heteroatoms. The molecule has 2 amide bonds.